The van der Waals surface area contributed by atoms with Crippen molar-refractivity contribution in [2.24, 2.45) is 17.6 Å². The summed E-state index contributed by atoms with van der Waals surface area (Å²) in [6.07, 6.45) is 4.97. The molecule has 1 saturated carbocycles. The van der Waals surface area contributed by atoms with E-state index in [1.165, 1.54) is 42.5 Å². The van der Waals surface area contributed by atoms with Crippen LogP contribution in [-0.4, -0.2) is 51.2 Å². The number of nitrogens with zero attached hydrogens (tertiary/aromatic N) is 1. The van der Waals surface area contributed by atoms with Crippen LogP contribution >= 0.6 is 0 Å². The number of aromatic amines is 1. The molecule has 0 amide bonds. The van der Waals surface area contributed by atoms with Gasteiger partial charge in [-0.3, -0.25) is 9.69 Å². The summed E-state index contributed by atoms with van der Waals surface area (Å²) in [5.74, 6) is 1.93. The maximum atomic E-state index is 11.1. The highest BCUT2D eigenvalue weighted by molar-refractivity contribution is 5.86. The minimum absolute atomic E-state index is 0.0293. The molecule has 4 bridgehead atoms. The number of aromatic hydroxyl groups is 1. The summed E-state index contributed by atoms with van der Waals surface area (Å²) in [5, 5.41) is 21.0. The molecule has 0 spiro atoms. The first kappa shape index (κ1) is 22.4. The van der Waals surface area contributed by atoms with Gasteiger partial charge in [0.15, 0.2) is 11.5 Å². The number of rotatable bonds is 6. The lowest BCUT2D eigenvalue weighted by Crippen LogP contribution is -2.56. The summed E-state index contributed by atoms with van der Waals surface area (Å²) in [6.45, 7) is 4.69. The number of phenols is 1. The number of hydrogen-bond donors (Lipinski definition) is 4. The molecule has 2 aromatic carbocycles. The number of carboxylic acid groups (broad SMARTS) is 1. The molecule has 3 aromatic rings. The van der Waals surface area contributed by atoms with E-state index >= 15 is 0 Å². The van der Waals surface area contributed by atoms with E-state index in [1.807, 2.05) is 6.07 Å². The second-order valence-corrected chi connectivity index (χ2v) is 10.6. The molecule has 5 N–H and O–H groups in total. The second kappa shape index (κ2) is 8.57. The molecule has 1 aliphatic carbocycles. The molecule has 7 nitrogen and oxygen atoms in total. The number of nitrogens with one attached hydrogen (secondary N) is 1. The molecule has 35 heavy (non-hydrogen) atoms. The fourth-order valence-corrected chi connectivity index (χ4v) is 7.00. The average Bonchev–Trinajstić information content (AvgIpc) is 3.17. The molecule has 1 aromatic heterocycles. The highest BCUT2D eigenvalue weighted by Gasteiger charge is 2.48. The third-order valence-electron chi connectivity index (χ3n) is 8.56. The van der Waals surface area contributed by atoms with E-state index in [0.29, 0.717) is 29.0 Å². The van der Waals surface area contributed by atoms with E-state index in [4.69, 9.17) is 15.6 Å². The summed E-state index contributed by atoms with van der Waals surface area (Å²) in [7, 11) is 0. The van der Waals surface area contributed by atoms with E-state index in [2.05, 4.69) is 28.9 Å². The van der Waals surface area contributed by atoms with Gasteiger partial charge in [-0.25, -0.2) is 0 Å². The summed E-state index contributed by atoms with van der Waals surface area (Å²) in [6, 6.07) is 10.7. The molecule has 3 aliphatic heterocycles. The van der Waals surface area contributed by atoms with Crippen molar-refractivity contribution in [1.29, 1.82) is 0 Å². The summed E-state index contributed by atoms with van der Waals surface area (Å²) < 4.78 is 6.10. The number of carbonyl (C=O) groups is 1. The molecule has 0 radical (unpaired) electrons. The molecule has 6 atom stereocenters. The van der Waals surface area contributed by atoms with Crippen molar-refractivity contribution in [2.75, 3.05) is 13.1 Å². The monoisotopic (exact) mass is 475 g/mol. The zero-order valence-corrected chi connectivity index (χ0v) is 20.0. The highest BCUT2D eigenvalue weighted by Crippen LogP contribution is 2.51. The third kappa shape index (κ3) is 3.78. The zero-order chi connectivity index (χ0) is 24.3. The number of nitrogens with two attached hydrogens (primary N) is 1. The lowest BCUT2D eigenvalue weighted by molar-refractivity contribution is -0.138. The average molecular weight is 476 g/mol. The van der Waals surface area contributed by atoms with Crippen molar-refractivity contribution in [3.8, 4) is 17.2 Å². The molecule has 4 heterocycles. The maximum absolute atomic E-state index is 11.1. The predicted octanol–water partition coefficient (Wildman–Crippen LogP) is 4.38. The normalized spacial score (nSPS) is 27.9. The number of phenolic OH excluding ortho intramolecular Hbond substituents is 1. The molecule has 3 fully saturated rings. The lowest BCUT2D eigenvalue weighted by atomic mass is 9.65. The number of benzene rings is 2. The van der Waals surface area contributed by atoms with E-state index in [-0.39, 0.29) is 12.2 Å². The summed E-state index contributed by atoms with van der Waals surface area (Å²) in [5.41, 5.74) is 10.1. The van der Waals surface area contributed by atoms with Crippen LogP contribution in [-0.2, 0) is 17.6 Å². The quantitative estimate of drug-likeness (QED) is 0.421. The van der Waals surface area contributed by atoms with Gasteiger partial charge in [-0.05, 0) is 66.5 Å². The maximum Gasteiger partial charge on any atom is 0.320 e. The van der Waals surface area contributed by atoms with Crippen LogP contribution in [0.4, 0.5) is 0 Å². The van der Waals surface area contributed by atoms with E-state index < -0.39 is 12.0 Å². The number of carboxylic acids is 1. The van der Waals surface area contributed by atoms with Crippen LogP contribution in [0.2, 0.25) is 0 Å². The van der Waals surface area contributed by atoms with E-state index in [9.17, 15) is 9.90 Å². The molecular weight excluding hydrogens is 442 g/mol. The Kier molecular flexibility index (Phi) is 5.49. The van der Waals surface area contributed by atoms with Gasteiger partial charge in [-0.2, -0.15) is 0 Å². The number of ether oxygens (including phenoxy) is 1. The molecule has 2 saturated heterocycles. The molecular formula is C28H33N3O4. The van der Waals surface area contributed by atoms with Gasteiger partial charge in [0.05, 0.1) is 0 Å². The molecule has 7 heteroatoms. The van der Waals surface area contributed by atoms with Crippen molar-refractivity contribution in [3.05, 3.63) is 53.2 Å². The Hall–Kier alpha value is -3.03. The Labute approximate surface area is 204 Å². The van der Waals surface area contributed by atoms with Gasteiger partial charge in [0, 0.05) is 48.1 Å². The van der Waals surface area contributed by atoms with Gasteiger partial charge in [0.2, 0.25) is 0 Å². The fourth-order valence-electron chi connectivity index (χ4n) is 7.00. The number of piperidine rings is 2. The van der Waals surface area contributed by atoms with Gasteiger partial charge >= 0.3 is 5.97 Å². The molecule has 4 aliphatic rings. The van der Waals surface area contributed by atoms with Crippen LogP contribution in [0, 0.1) is 11.8 Å². The number of aliphatic carboxylic acids is 1. The standard InChI is InChI=1S/C28H33N3O4/c1-2-16-10-15-11-21-25-19(8-9-31(14-15)26(16)21)20-13-18(6-7-23(20)30-25)35-24-5-3-4-17(27(24)32)12-22(29)28(33)34/h3-7,13,15-16,21-22,26,30,32H,2,8-12,14,29H2,1H3,(H,33,34). The number of aromatic nitrogens is 1. The van der Waals surface area contributed by atoms with Gasteiger partial charge < -0.3 is 25.7 Å². The highest BCUT2D eigenvalue weighted by atomic mass is 16.5. The number of hydrogen-bond acceptors (Lipinski definition) is 5. The Morgan fingerprint density at radius 2 is 2.14 bits per heavy atom. The van der Waals surface area contributed by atoms with E-state index in [1.54, 1.807) is 18.2 Å². The first-order valence-corrected chi connectivity index (χ1v) is 12.8. The second-order valence-electron chi connectivity index (χ2n) is 10.6. The van der Waals surface area contributed by atoms with Gasteiger partial charge in [-0.1, -0.05) is 25.5 Å². The minimum Gasteiger partial charge on any atom is -0.504 e. The van der Waals surface area contributed by atoms with Crippen LogP contribution in [0.1, 0.15) is 48.9 Å². The van der Waals surface area contributed by atoms with Crippen molar-refractivity contribution in [2.45, 2.75) is 57.0 Å². The number of para-hydroxylation sites is 1. The van der Waals surface area contributed by atoms with Crippen LogP contribution in [0.15, 0.2) is 36.4 Å². The first-order chi connectivity index (χ1) is 16.9. The summed E-state index contributed by atoms with van der Waals surface area (Å²) >= 11 is 0. The van der Waals surface area contributed by atoms with Crippen LogP contribution in [0.25, 0.3) is 10.9 Å². The Balaban J connectivity index is 1.32. The lowest BCUT2D eigenvalue weighted by Gasteiger charge is -2.53. The smallest absolute Gasteiger partial charge is 0.320 e. The van der Waals surface area contributed by atoms with Gasteiger partial charge in [0.25, 0.3) is 0 Å². The largest absolute Gasteiger partial charge is 0.504 e. The fraction of sp³-hybridized carbons (Fsp3) is 0.464. The summed E-state index contributed by atoms with van der Waals surface area (Å²) in [4.78, 5) is 17.7. The number of H-pyrrole nitrogens is 1. The topological polar surface area (TPSA) is 112 Å². The molecule has 7 rings (SSSR count). The van der Waals surface area contributed by atoms with Crippen LogP contribution in [0.3, 0.4) is 0 Å². The van der Waals surface area contributed by atoms with Crippen molar-refractivity contribution in [1.82, 2.24) is 9.88 Å². The zero-order valence-electron chi connectivity index (χ0n) is 20.0. The Morgan fingerprint density at radius 3 is 2.94 bits per heavy atom. The van der Waals surface area contributed by atoms with Crippen molar-refractivity contribution in [3.63, 3.8) is 0 Å². The number of fused-ring (bicyclic) bond motifs is 4. The van der Waals surface area contributed by atoms with Crippen molar-refractivity contribution < 1.29 is 19.7 Å². The molecule has 6 unspecified atom stereocenters. The van der Waals surface area contributed by atoms with Crippen LogP contribution < -0.4 is 10.5 Å². The van der Waals surface area contributed by atoms with Crippen molar-refractivity contribution >= 4 is 16.9 Å². The Morgan fingerprint density at radius 1 is 1.29 bits per heavy atom. The SMILES string of the molecule is CCC1CC2CC3c4[nH]c5ccc(Oc6cccc(CC(N)C(=O)O)c6O)cc5c4CCN(C2)C13. The van der Waals surface area contributed by atoms with Gasteiger partial charge in [0.1, 0.15) is 11.8 Å². The Bertz CT molecular complexity index is 1280. The van der Waals surface area contributed by atoms with Crippen LogP contribution in [0.5, 0.6) is 17.2 Å². The molecule has 184 valence electrons. The van der Waals surface area contributed by atoms with E-state index in [0.717, 1.165) is 30.3 Å². The third-order valence-corrected chi connectivity index (χ3v) is 8.56. The van der Waals surface area contributed by atoms with Gasteiger partial charge in [-0.15, -0.1) is 0 Å². The first-order valence-electron chi connectivity index (χ1n) is 12.8. The predicted molar refractivity (Wildman–Crippen MR) is 134 cm³/mol. The minimum atomic E-state index is -1.10.